The number of fused-ring (bicyclic) bond motifs is 5. The van der Waals surface area contributed by atoms with E-state index in [2.05, 4.69) is 50.3 Å². The van der Waals surface area contributed by atoms with Crippen LogP contribution in [0.5, 0.6) is 0 Å². The van der Waals surface area contributed by atoms with Gasteiger partial charge in [-0.1, -0.05) is 69.5 Å². The number of amides is 7. The van der Waals surface area contributed by atoms with Crippen LogP contribution in [0.15, 0.2) is 53.5 Å². The molecule has 0 bridgehead atoms. The highest BCUT2D eigenvalue weighted by atomic mass is 19.1. The summed E-state index contributed by atoms with van der Waals surface area (Å²) in [7, 11) is 1.50. The molecule has 1 unspecified atom stereocenters. The second kappa shape index (κ2) is 40.8. The van der Waals surface area contributed by atoms with Gasteiger partial charge >= 0.3 is 12.1 Å². The van der Waals surface area contributed by atoms with Crippen molar-refractivity contribution in [3.8, 4) is 23.2 Å². The van der Waals surface area contributed by atoms with Gasteiger partial charge in [0.05, 0.1) is 107 Å². The van der Waals surface area contributed by atoms with Crippen molar-refractivity contribution in [2.75, 3.05) is 99.4 Å². The largest absolute Gasteiger partial charge is 0.490 e. The monoisotopic (exact) mass is 1420 g/mol. The minimum absolute atomic E-state index is 0.00464. The van der Waals surface area contributed by atoms with E-state index in [-0.39, 0.29) is 137 Å². The number of nitrogens with one attached hydrogen (secondary N) is 6. The number of ketones is 2. The highest BCUT2D eigenvalue weighted by Gasteiger charge is 2.43. The van der Waals surface area contributed by atoms with Crippen LogP contribution in [-0.2, 0) is 98.4 Å². The first-order valence-electron chi connectivity index (χ1n) is 35.1. The summed E-state index contributed by atoms with van der Waals surface area (Å²) in [6, 6.07) is 8.81. The number of urea groups is 1. The third-order valence-electron chi connectivity index (χ3n) is 18.1. The van der Waals surface area contributed by atoms with Gasteiger partial charge in [-0.25, -0.2) is 19.0 Å². The summed E-state index contributed by atoms with van der Waals surface area (Å²) in [4.78, 5) is 117. The Balaban J connectivity index is 0.000000287. The van der Waals surface area contributed by atoms with Gasteiger partial charge in [-0.15, -0.1) is 5.92 Å². The lowest BCUT2D eigenvalue weighted by Crippen LogP contribution is -2.46. The zero-order chi connectivity index (χ0) is 73.7. The first-order valence-corrected chi connectivity index (χ1v) is 35.1. The van der Waals surface area contributed by atoms with Crippen molar-refractivity contribution < 1.29 is 85.7 Å². The van der Waals surface area contributed by atoms with Gasteiger partial charge in [-0.3, -0.25) is 33.6 Å². The number of primary amides is 1. The molecule has 2 aromatic heterocycles. The molecule has 4 heterocycles. The molecule has 2 aromatic carbocycles. The summed E-state index contributed by atoms with van der Waals surface area (Å²) in [6.45, 7) is 16.1. The van der Waals surface area contributed by atoms with Crippen molar-refractivity contribution in [1.82, 2.24) is 41.5 Å². The van der Waals surface area contributed by atoms with Crippen LogP contribution < -0.4 is 43.2 Å². The molecule has 28 heteroatoms. The molecule has 0 fully saturated rings. The predicted octanol–water partition coefficient (Wildman–Crippen LogP) is 5.65. The quantitative estimate of drug-likeness (QED) is 0.0174. The normalized spacial score (nSPS) is 16.9. The van der Waals surface area contributed by atoms with Gasteiger partial charge in [0, 0.05) is 74.3 Å². The molecule has 556 valence electrons. The molecule has 4 aromatic rings. The highest BCUT2D eigenvalue weighted by molar-refractivity contribution is 5.94. The van der Waals surface area contributed by atoms with E-state index in [1.54, 1.807) is 24.5 Å². The smallest absolute Gasteiger partial charge is 0.407 e. The molecule has 0 spiro atoms. The molecule has 5 atom stereocenters. The van der Waals surface area contributed by atoms with Crippen LogP contribution in [-0.4, -0.2) is 173 Å². The second-order valence-corrected chi connectivity index (χ2v) is 25.8. The minimum atomic E-state index is -1.56. The molecule has 2 aliphatic heterocycles. The summed E-state index contributed by atoms with van der Waals surface area (Å²) >= 11 is 0. The average Bonchev–Trinajstić information content (AvgIpc) is 1.48. The Morgan fingerprint density at radius 2 is 1.54 bits per heavy atom. The third-order valence-corrected chi connectivity index (χ3v) is 18.1. The number of ether oxygens (including phenoxy) is 8. The van der Waals surface area contributed by atoms with E-state index in [9.17, 15) is 48.3 Å². The molecular formula is C74H100FN9O18. The van der Waals surface area contributed by atoms with Crippen molar-refractivity contribution in [1.29, 1.82) is 0 Å². The van der Waals surface area contributed by atoms with Gasteiger partial charge in [0.1, 0.15) is 49.7 Å². The van der Waals surface area contributed by atoms with Crippen LogP contribution in [0.4, 0.5) is 14.0 Å². The van der Waals surface area contributed by atoms with Gasteiger partial charge in [0.25, 0.3) is 5.56 Å². The molecule has 9 N–H and O–H groups in total. The maximum absolute atomic E-state index is 15.2. The summed E-state index contributed by atoms with van der Waals surface area (Å²) < 4.78 is 60.6. The minimum Gasteiger partial charge on any atom is -0.490 e. The molecule has 2 aliphatic carbocycles. The predicted molar refractivity (Wildman–Crippen MR) is 375 cm³/mol. The van der Waals surface area contributed by atoms with Crippen LogP contribution in [0.25, 0.3) is 22.3 Å². The van der Waals surface area contributed by atoms with Crippen molar-refractivity contribution >= 4 is 58.2 Å². The topological polar surface area (TPSA) is 364 Å². The fourth-order valence-corrected chi connectivity index (χ4v) is 12.4. The van der Waals surface area contributed by atoms with Crippen molar-refractivity contribution in [3.63, 3.8) is 0 Å². The number of rotatable bonds is 39. The number of nitrogens with zero attached hydrogens (tertiary/aromatic N) is 2. The zero-order valence-electron chi connectivity index (χ0n) is 59.5. The Bertz CT molecular complexity index is 3720. The molecule has 7 amide bonds. The Kier molecular flexibility index (Phi) is 32.3. The summed E-state index contributed by atoms with van der Waals surface area (Å²) in [5, 5.41) is 28.3. The number of halogens is 1. The number of pyridine rings is 2. The van der Waals surface area contributed by atoms with Gasteiger partial charge in [-0.05, 0) is 99.5 Å². The number of nitrogens with two attached hydrogens (primary N) is 1. The SMILES string of the molecule is C=C1OCc2c(cc3n(c2=O)Cc2c-3nc3cc(F)c(C)c4c3c2[C@@H](NC(=O)COCCC(=O)CNC(=O)OCc2ccc(C)cc2)CC4)[C@@]1(O)CC.CNC(=O)[C@H](CCCNC(N)=O)CC(=O)[C@@H](NC(=O)CCOCCOCCOCCOCCNC(=O)COC1C#CCCCCC1)C(C)C. The third kappa shape index (κ3) is 23.7. The van der Waals surface area contributed by atoms with E-state index in [4.69, 9.17) is 48.6 Å². The Morgan fingerprint density at radius 3 is 2.24 bits per heavy atom. The number of Topliss-reactive ketones (excluding diaryl/α,β-unsaturated/α-hetero) is 2. The summed E-state index contributed by atoms with van der Waals surface area (Å²) in [5.74, 6) is 3.49. The van der Waals surface area contributed by atoms with Gasteiger partial charge in [0.2, 0.25) is 23.6 Å². The van der Waals surface area contributed by atoms with Crippen LogP contribution in [0.2, 0.25) is 0 Å². The fraction of sp³-hybridized carbons (Fsp3) is 0.568. The molecule has 0 saturated carbocycles. The lowest BCUT2D eigenvalue weighted by molar-refractivity contribution is -0.132. The number of aliphatic hydroxyl groups is 1. The molecule has 0 saturated heterocycles. The van der Waals surface area contributed by atoms with E-state index in [1.807, 2.05) is 45.0 Å². The number of benzene rings is 2. The van der Waals surface area contributed by atoms with Crippen LogP contribution in [0, 0.1) is 43.3 Å². The summed E-state index contributed by atoms with van der Waals surface area (Å²) in [6.07, 6.45) is 6.32. The first-order chi connectivity index (χ1) is 49.0. The fourth-order valence-electron chi connectivity index (χ4n) is 12.4. The van der Waals surface area contributed by atoms with E-state index in [0.717, 1.165) is 65.3 Å². The van der Waals surface area contributed by atoms with Gasteiger partial charge in [0.15, 0.2) is 11.6 Å². The second-order valence-electron chi connectivity index (χ2n) is 25.8. The summed E-state index contributed by atoms with van der Waals surface area (Å²) in [5.41, 5.74) is 10.1. The van der Waals surface area contributed by atoms with E-state index in [1.165, 1.54) is 13.1 Å². The highest BCUT2D eigenvalue weighted by Crippen LogP contribution is 2.47. The van der Waals surface area contributed by atoms with Gasteiger partial charge < -0.3 is 85.2 Å². The number of aryl methyl sites for hydroxylation is 2. The van der Waals surface area contributed by atoms with Crippen molar-refractivity contribution in [3.05, 3.63) is 109 Å². The lowest BCUT2D eigenvalue weighted by atomic mass is 9.81. The Labute approximate surface area is 594 Å². The van der Waals surface area contributed by atoms with Crippen molar-refractivity contribution in [2.24, 2.45) is 17.6 Å². The number of carbonyl (C=O) groups excluding carboxylic acids is 8. The lowest BCUT2D eigenvalue weighted by Gasteiger charge is -2.35. The van der Waals surface area contributed by atoms with Crippen LogP contribution in [0.1, 0.15) is 148 Å². The maximum atomic E-state index is 15.2. The van der Waals surface area contributed by atoms with Crippen LogP contribution >= 0.6 is 0 Å². The standard InChI is InChI=1S/C40H41FN4O8.C34H59N5O10/c1-5-40(50)23(4)52-19-28-29(40)14-33-37-27(17-45(33)38(28)48)36-31(11-10-26-22(3)30(41)15-32(44-37)35(26)36)43-34(47)20-51-13-12-25(46)16-42-39(49)53-18-24-8-6-21(2)7-9-24;1-26(2)32(29(40)24-27(33(43)36-3)10-9-14-38-34(35)44)39-30(41)13-16-45-18-20-47-22-23-48-21-19-46-17-15-37-31(42)25-49-28-11-7-5-4-6-8-12-28/h6-9,14-15,31,50H,4-5,10-13,16-20H2,1-3H3,(H,42,49)(H,43,47);26-28,32H,4-7,9-11,13-25H2,1-3H3,(H,36,43)(H,37,42)(H,39,41)(H3,35,38,44)/t31-,40+;27-,28?,32+/m01/s1. The number of hydrogen-bond donors (Lipinski definition) is 8. The first kappa shape index (κ1) is 80.6. The van der Waals surface area contributed by atoms with Crippen LogP contribution in [0.3, 0.4) is 0 Å². The number of hydrogen-bond acceptors (Lipinski definition) is 19. The zero-order valence-corrected chi connectivity index (χ0v) is 59.5. The van der Waals surface area contributed by atoms with E-state index >= 15 is 4.39 Å². The molecule has 102 heavy (non-hydrogen) atoms. The van der Waals surface area contributed by atoms with Gasteiger partial charge in [-0.2, -0.15) is 0 Å². The Hall–Kier alpha value is -8.69. The average molecular weight is 1420 g/mol. The van der Waals surface area contributed by atoms with E-state index < -0.39 is 41.6 Å². The Morgan fingerprint density at radius 1 is 0.833 bits per heavy atom. The molecule has 8 rings (SSSR count). The number of carbonyl (C=O) groups is 8. The van der Waals surface area contributed by atoms with Crippen molar-refractivity contribution in [2.45, 2.75) is 162 Å². The molecule has 0 radical (unpaired) electrons. The number of aromatic nitrogens is 2. The van der Waals surface area contributed by atoms with E-state index in [0.29, 0.717) is 119 Å². The maximum Gasteiger partial charge on any atom is 0.407 e. The number of alkyl carbamates (subject to hydrolysis) is 1. The molecular weight excluding hydrogens is 1320 g/mol. The molecule has 4 aliphatic rings. The molecule has 27 nitrogen and oxygen atoms in total.